The molecule has 0 fully saturated rings. The molecule has 7 heteroatoms. The van der Waals surface area contributed by atoms with Crippen molar-refractivity contribution in [2.24, 2.45) is 0 Å². The fraction of sp³-hybridized carbons (Fsp3) is 0.211. The van der Waals surface area contributed by atoms with Crippen molar-refractivity contribution in [3.8, 4) is 11.5 Å². The molecule has 2 aromatic carbocycles. The summed E-state index contributed by atoms with van der Waals surface area (Å²) in [6.45, 7) is 0.561. The van der Waals surface area contributed by atoms with Crippen molar-refractivity contribution in [2.75, 3.05) is 13.7 Å². The standard InChI is InChI=1S/C19H15Cl2NO3S/c1-24-14-7-6-11-15(20)18(26-17(11)16(14)21)19(23)22-12-8-9-25-13-5-3-2-4-10(12)13/h2-7,12H,8-9H2,1H3,(H,22,23)/t12-/m1/s1. The molecule has 0 radical (unpaired) electrons. The van der Waals surface area contributed by atoms with Gasteiger partial charge in [-0.3, -0.25) is 4.79 Å². The number of thiophene rings is 1. The van der Waals surface area contributed by atoms with Crippen LogP contribution in [0.2, 0.25) is 10.0 Å². The molecular weight excluding hydrogens is 393 g/mol. The third kappa shape index (κ3) is 2.90. The fourth-order valence-electron chi connectivity index (χ4n) is 3.10. The molecule has 1 aliphatic rings. The van der Waals surface area contributed by atoms with Crippen molar-refractivity contribution in [1.29, 1.82) is 0 Å². The minimum atomic E-state index is -0.215. The molecule has 1 N–H and O–H groups in total. The molecule has 0 unspecified atom stereocenters. The minimum absolute atomic E-state index is 0.112. The SMILES string of the molecule is COc1ccc2c(Cl)c(C(=O)N[C@@H]3CCOc4ccccc43)sc2c1Cl. The second-order valence-corrected chi connectivity index (χ2v) is 7.68. The normalized spacial score (nSPS) is 16.0. The van der Waals surface area contributed by atoms with E-state index in [1.54, 1.807) is 13.2 Å². The van der Waals surface area contributed by atoms with Crippen LogP contribution in [0.15, 0.2) is 36.4 Å². The Hall–Kier alpha value is -1.95. The molecule has 0 aliphatic carbocycles. The van der Waals surface area contributed by atoms with Crippen LogP contribution >= 0.6 is 34.5 Å². The maximum Gasteiger partial charge on any atom is 0.263 e. The number of hydrogen-bond acceptors (Lipinski definition) is 4. The molecule has 0 spiro atoms. The molecule has 1 aromatic heterocycles. The van der Waals surface area contributed by atoms with Gasteiger partial charge in [0.25, 0.3) is 5.91 Å². The minimum Gasteiger partial charge on any atom is -0.495 e. The van der Waals surface area contributed by atoms with Crippen molar-refractivity contribution in [2.45, 2.75) is 12.5 Å². The van der Waals surface area contributed by atoms with Gasteiger partial charge in [-0.2, -0.15) is 0 Å². The van der Waals surface area contributed by atoms with Gasteiger partial charge in [0.1, 0.15) is 21.4 Å². The first-order chi connectivity index (χ1) is 12.6. The summed E-state index contributed by atoms with van der Waals surface area (Å²) >= 11 is 14.1. The summed E-state index contributed by atoms with van der Waals surface area (Å²) in [6.07, 6.45) is 0.708. The highest BCUT2D eigenvalue weighted by Crippen LogP contribution is 2.43. The van der Waals surface area contributed by atoms with Crippen molar-refractivity contribution in [1.82, 2.24) is 5.32 Å². The molecule has 0 saturated heterocycles. The van der Waals surface area contributed by atoms with E-state index in [0.29, 0.717) is 33.7 Å². The van der Waals surface area contributed by atoms with Crippen LogP contribution in [-0.2, 0) is 0 Å². The molecule has 4 nitrogen and oxygen atoms in total. The maximum absolute atomic E-state index is 12.9. The maximum atomic E-state index is 12.9. The number of para-hydroxylation sites is 1. The summed E-state index contributed by atoms with van der Waals surface area (Å²) in [6, 6.07) is 11.2. The zero-order valence-corrected chi connectivity index (χ0v) is 16.2. The number of amides is 1. The number of fused-ring (bicyclic) bond motifs is 2. The van der Waals surface area contributed by atoms with E-state index in [0.717, 1.165) is 21.4 Å². The Morgan fingerprint density at radius 3 is 2.85 bits per heavy atom. The van der Waals surface area contributed by atoms with Crippen molar-refractivity contribution in [3.05, 3.63) is 56.9 Å². The van der Waals surface area contributed by atoms with Crippen LogP contribution in [0.5, 0.6) is 11.5 Å². The number of carbonyl (C=O) groups excluding carboxylic acids is 1. The van der Waals surface area contributed by atoms with Crippen LogP contribution in [0.3, 0.4) is 0 Å². The van der Waals surface area contributed by atoms with Gasteiger partial charge in [0.05, 0.1) is 29.5 Å². The van der Waals surface area contributed by atoms with Gasteiger partial charge in [-0.1, -0.05) is 41.4 Å². The van der Waals surface area contributed by atoms with Gasteiger partial charge in [0, 0.05) is 17.4 Å². The van der Waals surface area contributed by atoms with Gasteiger partial charge in [0.2, 0.25) is 0 Å². The highest BCUT2D eigenvalue weighted by molar-refractivity contribution is 7.22. The molecule has 134 valence electrons. The van der Waals surface area contributed by atoms with E-state index >= 15 is 0 Å². The fourth-order valence-corrected chi connectivity index (χ4v) is 4.90. The summed E-state index contributed by atoms with van der Waals surface area (Å²) in [4.78, 5) is 13.3. The van der Waals surface area contributed by atoms with E-state index in [9.17, 15) is 4.79 Å². The lowest BCUT2D eigenvalue weighted by Gasteiger charge is -2.26. The molecule has 4 rings (SSSR count). The summed E-state index contributed by atoms with van der Waals surface area (Å²) in [5.41, 5.74) is 0.976. The summed E-state index contributed by atoms with van der Waals surface area (Å²) < 4.78 is 11.6. The zero-order chi connectivity index (χ0) is 18.3. The molecule has 0 bridgehead atoms. The number of benzene rings is 2. The van der Waals surface area contributed by atoms with Gasteiger partial charge in [0.15, 0.2) is 0 Å². The van der Waals surface area contributed by atoms with E-state index in [4.69, 9.17) is 32.7 Å². The molecule has 0 saturated carbocycles. The van der Waals surface area contributed by atoms with Crippen molar-refractivity contribution >= 4 is 50.5 Å². The molecule has 3 aromatic rings. The number of ether oxygens (including phenoxy) is 2. The average molecular weight is 408 g/mol. The highest BCUT2D eigenvalue weighted by atomic mass is 35.5. The highest BCUT2D eigenvalue weighted by Gasteiger charge is 2.26. The lowest BCUT2D eigenvalue weighted by molar-refractivity contribution is 0.0929. The third-order valence-electron chi connectivity index (χ3n) is 4.39. The van der Waals surface area contributed by atoms with E-state index in [-0.39, 0.29) is 11.9 Å². The number of halogens is 2. The lowest BCUT2D eigenvalue weighted by Crippen LogP contribution is -2.31. The first-order valence-electron chi connectivity index (χ1n) is 8.07. The van der Waals surface area contributed by atoms with E-state index in [2.05, 4.69) is 5.32 Å². The zero-order valence-electron chi connectivity index (χ0n) is 13.8. The number of carbonyl (C=O) groups is 1. The van der Waals surface area contributed by atoms with Crippen LogP contribution in [-0.4, -0.2) is 19.6 Å². The molecule has 1 aliphatic heterocycles. The molecule has 1 atom stereocenters. The Morgan fingerprint density at radius 1 is 1.23 bits per heavy atom. The average Bonchev–Trinajstić information content (AvgIpc) is 3.00. The Morgan fingerprint density at radius 2 is 2.04 bits per heavy atom. The van der Waals surface area contributed by atoms with Crippen LogP contribution in [0.25, 0.3) is 10.1 Å². The third-order valence-corrected chi connectivity index (χ3v) is 6.61. The topological polar surface area (TPSA) is 47.6 Å². The smallest absolute Gasteiger partial charge is 0.263 e. The molecular formula is C19H15Cl2NO3S. The second kappa shape index (κ2) is 6.99. The Bertz CT molecular complexity index is 1000. The van der Waals surface area contributed by atoms with E-state index in [1.807, 2.05) is 30.3 Å². The van der Waals surface area contributed by atoms with Gasteiger partial charge >= 0.3 is 0 Å². The molecule has 1 amide bonds. The number of nitrogens with one attached hydrogen (secondary N) is 1. The predicted octanol–water partition coefficient (Wildman–Crippen LogP) is 5.47. The van der Waals surface area contributed by atoms with Crippen LogP contribution < -0.4 is 14.8 Å². The summed E-state index contributed by atoms with van der Waals surface area (Å²) in [5, 5.41) is 4.70. The van der Waals surface area contributed by atoms with E-state index in [1.165, 1.54) is 11.3 Å². The first-order valence-corrected chi connectivity index (χ1v) is 9.64. The second-order valence-electron chi connectivity index (χ2n) is 5.90. The Kier molecular flexibility index (Phi) is 4.69. The van der Waals surface area contributed by atoms with Gasteiger partial charge in [-0.25, -0.2) is 0 Å². The largest absolute Gasteiger partial charge is 0.495 e. The Balaban J connectivity index is 1.67. The number of methoxy groups -OCH3 is 1. The quantitative estimate of drug-likeness (QED) is 0.625. The Labute approximate surface area is 164 Å². The lowest BCUT2D eigenvalue weighted by atomic mass is 10.0. The summed E-state index contributed by atoms with van der Waals surface area (Å²) in [7, 11) is 1.55. The van der Waals surface area contributed by atoms with Crippen LogP contribution in [0.4, 0.5) is 0 Å². The van der Waals surface area contributed by atoms with Crippen molar-refractivity contribution < 1.29 is 14.3 Å². The number of hydrogen-bond donors (Lipinski definition) is 1. The molecule has 2 heterocycles. The predicted molar refractivity (Wildman–Crippen MR) is 105 cm³/mol. The van der Waals surface area contributed by atoms with Crippen LogP contribution in [0.1, 0.15) is 27.7 Å². The monoisotopic (exact) mass is 407 g/mol. The van der Waals surface area contributed by atoms with Gasteiger partial charge in [-0.15, -0.1) is 11.3 Å². The summed E-state index contributed by atoms with van der Waals surface area (Å²) in [5.74, 6) is 1.15. The van der Waals surface area contributed by atoms with Gasteiger partial charge < -0.3 is 14.8 Å². The van der Waals surface area contributed by atoms with Crippen LogP contribution in [0, 0.1) is 0 Å². The first kappa shape index (κ1) is 17.5. The number of rotatable bonds is 3. The van der Waals surface area contributed by atoms with E-state index < -0.39 is 0 Å². The van der Waals surface area contributed by atoms with Crippen molar-refractivity contribution in [3.63, 3.8) is 0 Å². The molecule has 26 heavy (non-hydrogen) atoms. The van der Waals surface area contributed by atoms with Gasteiger partial charge in [-0.05, 0) is 18.2 Å².